The van der Waals surface area contributed by atoms with E-state index < -0.39 is 23.1 Å². The number of carbonyl (C=O) groups is 1. The van der Waals surface area contributed by atoms with Crippen LogP contribution in [0.15, 0.2) is 127 Å². The summed E-state index contributed by atoms with van der Waals surface area (Å²) in [6.07, 6.45) is 2.76. The molecule has 0 radical (unpaired) electrons. The summed E-state index contributed by atoms with van der Waals surface area (Å²) in [7, 11) is 0. The molecule has 5 aromatic carbocycles. The second-order valence-corrected chi connectivity index (χ2v) is 12.0. The van der Waals surface area contributed by atoms with Gasteiger partial charge in [0.05, 0.1) is 16.9 Å². The Bertz CT molecular complexity index is 1920. The highest BCUT2D eigenvalue weighted by molar-refractivity contribution is 5.95. The summed E-state index contributed by atoms with van der Waals surface area (Å²) in [6.45, 7) is 5.21. The molecule has 0 spiro atoms. The fourth-order valence-corrected chi connectivity index (χ4v) is 5.74. The molecule has 46 heavy (non-hydrogen) atoms. The fourth-order valence-electron chi connectivity index (χ4n) is 5.74. The van der Waals surface area contributed by atoms with Crippen LogP contribution in [0.2, 0.25) is 0 Å². The van der Waals surface area contributed by atoms with Gasteiger partial charge in [-0.3, -0.25) is 5.32 Å². The molecule has 230 valence electrons. The molecule has 0 saturated carbocycles. The molecule has 0 saturated heterocycles. The first kappa shape index (κ1) is 30.5. The van der Waals surface area contributed by atoms with Gasteiger partial charge in [-0.25, -0.2) is 18.3 Å². The molecule has 7 heteroatoms. The van der Waals surface area contributed by atoms with Crippen molar-refractivity contribution >= 4 is 34.8 Å². The van der Waals surface area contributed by atoms with E-state index in [-0.39, 0.29) is 11.5 Å². The predicted octanol–water partition coefficient (Wildman–Crippen LogP) is 9.67. The highest BCUT2D eigenvalue weighted by Crippen LogP contribution is 2.43. The van der Waals surface area contributed by atoms with Crippen LogP contribution in [-0.2, 0) is 10.3 Å². The molecule has 6 aromatic rings. The number of benzene rings is 5. The van der Waals surface area contributed by atoms with E-state index in [0.29, 0.717) is 22.2 Å². The van der Waals surface area contributed by atoms with Crippen molar-refractivity contribution in [2.24, 2.45) is 0 Å². The molecule has 0 aliphatic carbocycles. The number of nitrogens with one attached hydrogen (secondary N) is 1. The van der Waals surface area contributed by atoms with Crippen molar-refractivity contribution in [3.8, 4) is 0 Å². The van der Waals surface area contributed by atoms with Crippen LogP contribution in [0.1, 0.15) is 48.7 Å². The first-order valence-corrected chi connectivity index (χ1v) is 15.0. The Morgan fingerprint density at radius 3 is 1.83 bits per heavy atom. The first-order valence-electron chi connectivity index (χ1n) is 15.0. The maximum Gasteiger partial charge on any atom is 0.412 e. The molecule has 0 unspecified atom stereocenters. The lowest BCUT2D eigenvalue weighted by Crippen LogP contribution is -2.38. The number of hydrogen-bond donors (Lipinski definition) is 1. The summed E-state index contributed by atoms with van der Waals surface area (Å²) >= 11 is 0. The van der Waals surface area contributed by atoms with E-state index in [1.54, 1.807) is 51.1 Å². The van der Waals surface area contributed by atoms with Crippen LogP contribution >= 0.6 is 0 Å². The molecule has 1 aromatic heterocycles. The number of nitrogens with zero attached hydrogens (tertiary/aromatic N) is 2. The lowest BCUT2D eigenvalue weighted by molar-refractivity contribution is 0.0635. The zero-order chi connectivity index (χ0) is 32.3. The van der Waals surface area contributed by atoms with E-state index in [1.165, 1.54) is 18.2 Å². The molecule has 5 nitrogen and oxygen atoms in total. The van der Waals surface area contributed by atoms with Gasteiger partial charge in [-0.05, 0) is 67.3 Å². The Labute approximate surface area is 266 Å². The quantitative estimate of drug-likeness (QED) is 0.182. The van der Waals surface area contributed by atoms with Gasteiger partial charge in [0.15, 0.2) is 0 Å². The molecule has 0 aliphatic heterocycles. The average molecular weight is 614 g/mol. The number of anilines is 1. The smallest absolute Gasteiger partial charge is 0.412 e. The number of fused-ring (bicyclic) bond motifs is 1. The van der Waals surface area contributed by atoms with Gasteiger partial charge in [0, 0.05) is 11.5 Å². The summed E-state index contributed by atoms with van der Waals surface area (Å²) in [5.41, 5.74) is 2.51. The van der Waals surface area contributed by atoms with Crippen LogP contribution in [0.4, 0.5) is 19.3 Å². The molecule has 6 rings (SSSR count). The monoisotopic (exact) mass is 613 g/mol. The van der Waals surface area contributed by atoms with Gasteiger partial charge >= 0.3 is 6.09 Å². The third-order valence-corrected chi connectivity index (χ3v) is 7.61. The van der Waals surface area contributed by atoms with Crippen LogP contribution in [0.3, 0.4) is 0 Å². The van der Waals surface area contributed by atoms with Gasteiger partial charge in [-0.2, -0.15) is 5.10 Å². The van der Waals surface area contributed by atoms with E-state index >= 15 is 4.39 Å². The van der Waals surface area contributed by atoms with Gasteiger partial charge in [-0.1, -0.05) is 109 Å². The van der Waals surface area contributed by atoms with Crippen molar-refractivity contribution in [1.29, 1.82) is 0 Å². The molecular formula is C39H33F2N3O2. The van der Waals surface area contributed by atoms with Gasteiger partial charge in [0.2, 0.25) is 0 Å². The molecule has 1 heterocycles. The summed E-state index contributed by atoms with van der Waals surface area (Å²) in [5, 5.41) is 8.31. The Kier molecular flexibility index (Phi) is 8.24. The topological polar surface area (TPSA) is 56.1 Å². The van der Waals surface area contributed by atoms with Crippen molar-refractivity contribution in [3.63, 3.8) is 0 Å². The zero-order valence-electron chi connectivity index (χ0n) is 25.7. The molecule has 0 atom stereocenters. The predicted molar refractivity (Wildman–Crippen MR) is 179 cm³/mol. The average Bonchev–Trinajstić information content (AvgIpc) is 3.38. The maximum absolute atomic E-state index is 16.0. The number of carbonyl (C=O) groups excluding carboxylic acids is 1. The molecule has 1 amide bonds. The van der Waals surface area contributed by atoms with Gasteiger partial charge in [-0.15, -0.1) is 0 Å². The Hall–Kier alpha value is -5.56. The highest BCUT2D eigenvalue weighted by Gasteiger charge is 2.41. The molecule has 0 fully saturated rings. The first-order chi connectivity index (χ1) is 22.1. The number of amides is 1. The van der Waals surface area contributed by atoms with Gasteiger partial charge in [0.25, 0.3) is 0 Å². The zero-order valence-corrected chi connectivity index (χ0v) is 25.7. The fraction of sp³-hybridized carbons (Fsp3) is 0.128. The van der Waals surface area contributed by atoms with Crippen LogP contribution in [0.25, 0.3) is 23.1 Å². The number of ether oxygens (including phenoxy) is 1. The van der Waals surface area contributed by atoms with Crippen molar-refractivity contribution in [2.45, 2.75) is 31.9 Å². The van der Waals surface area contributed by atoms with E-state index in [2.05, 4.69) is 5.32 Å². The number of aromatic nitrogens is 2. The lowest BCUT2D eigenvalue weighted by atomic mass is 9.77. The van der Waals surface area contributed by atoms with Crippen LogP contribution in [0.5, 0.6) is 0 Å². The Morgan fingerprint density at radius 1 is 0.739 bits per heavy atom. The van der Waals surface area contributed by atoms with E-state index in [9.17, 15) is 9.18 Å². The maximum atomic E-state index is 16.0. The third-order valence-electron chi connectivity index (χ3n) is 7.61. The Balaban J connectivity index is 1.66. The van der Waals surface area contributed by atoms with Crippen molar-refractivity contribution in [1.82, 2.24) is 9.78 Å². The lowest BCUT2D eigenvalue weighted by Gasteiger charge is -2.37. The number of rotatable bonds is 7. The SMILES string of the molecule is CC(C)(C)OC(=O)Nc1cc2c(/C=C/c3cccc(F)c3)nn(C(c3ccccc3)(c3ccccc3)c3ccccc3)c2cc1F. The second kappa shape index (κ2) is 12.4. The molecule has 0 bridgehead atoms. The summed E-state index contributed by atoms with van der Waals surface area (Å²) in [6, 6.07) is 39.0. The molecular weight excluding hydrogens is 580 g/mol. The van der Waals surface area contributed by atoms with Crippen molar-refractivity contribution in [2.75, 3.05) is 5.32 Å². The number of halogens is 2. The third kappa shape index (κ3) is 6.04. The van der Waals surface area contributed by atoms with Crippen LogP contribution < -0.4 is 5.32 Å². The number of hydrogen-bond acceptors (Lipinski definition) is 3. The molecule has 1 N–H and O–H groups in total. The second-order valence-electron chi connectivity index (χ2n) is 12.0. The minimum Gasteiger partial charge on any atom is -0.444 e. The van der Waals surface area contributed by atoms with Crippen LogP contribution in [-0.4, -0.2) is 21.5 Å². The normalized spacial score (nSPS) is 12.0. The Morgan fingerprint density at radius 2 is 1.30 bits per heavy atom. The van der Waals surface area contributed by atoms with Crippen LogP contribution in [0, 0.1) is 11.6 Å². The minimum absolute atomic E-state index is 0.0496. The summed E-state index contributed by atoms with van der Waals surface area (Å²) in [5.74, 6) is -1.01. The van der Waals surface area contributed by atoms with E-state index in [0.717, 1.165) is 16.7 Å². The summed E-state index contributed by atoms with van der Waals surface area (Å²) in [4.78, 5) is 12.7. The van der Waals surface area contributed by atoms with E-state index in [4.69, 9.17) is 9.84 Å². The van der Waals surface area contributed by atoms with E-state index in [1.807, 2.05) is 95.7 Å². The van der Waals surface area contributed by atoms with Crippen molar-refractivity contribution in [3.05, 3.63) is 167 Å². The highest BCUT2D eigenvalue weighted by atomic mass is 19.1. The van der Waals surface area contributed by atoms with Crippen molar-refractivity contribution < 1.29 is 18.3 Å². The molecule has 0 aliphatic rings. The van der Waals surface area contributed by atoms with Gasteiger partial charge < -0.3 is 4.74 Å². The minimum atomic E-state index is -1.03. The van der Waals surface area contributed by atoms with Gasteiger partial charge in [0.1, 0.15) is 22.8 Å². The standard InChI is InChI=1S/C39H33F2N3O2/c1-38(2,3)46-37(45)42-35-25-32-34(23-22-27-14-13-21-31(40)24-27)43-44(36(32)26-33(35)41)39(28-15-7-4-8-16-28,29-17-9-5-10-18-29)30-19-11-6-12-20-30/h4-26H,1-3H3,(H,42,45)/b23-22+. The largest absolute Gasteiger partial charge is 0.444 e. The summed E-state index contributed by atoms with van der Waals surface area (Å²) < 4.78 is 37.3.